The van der Waals surface area contributed by atoms with Crippen LogP contribution >= 0.6 is 0 Å². The maximum absolute atomic E-state index is 5.89. The van der Waals surface area contributed by atoms with E-state index in [9.17, 15) is 0 Å². The van der Waals surface area contributed by atoms with E-state index in [4.69, 9.17) is 10.2 Å². The highest BCUT2D eigenvalue weighted by Crippen LogP contribution is 2.21. The van der Waals surface area contributed by atoms with Crippen molar-refractivity contribution >= 4 is 11.5 Å². The van der Waals surface area contributed by atoms with Gasteiger partial charge in [0, 0.05) is 19.8 Å². The lowest BCUT2D eigenvalue weighted by Crippen LogP contribution is -2.23. The minimum atomic E-state index is 0.685. The second-order valence-electron chi connectivity index (χ2n) is 3.68. The van der Waals surface area contributed by atoms with Gasteiger partial charge in [-0.2, -0.15) is 5.10 Å². The highest BCUT2D eigenvalue weighted by atomic mass is 16.3. The molecule has 5 nitrogen and oxygen atoms in total. The van der Waals surface area contributed by atoms with E-state index >= 15 is 0 Å². The fourth-order valence-electron chi connectivity index (χ4n) is 1.67. The number of nitrogens with two attached hydrogens (primary N) is 1. The van der Waals surface area contributed by atoms with Gasteiger partial charge in [0.1, 0.15) is 5.76 Å². The first-order valence-corrected chi connectivity index (χ1v) is 5.27. The maximum Gasteiger partial charge on any atom is 0.174 e. The highest BCUT2D eigenvalue weighted by molar-refractivity contribution is 5.61. The molecule has 2 N–H and O–H groups in total. The van der Waals surface area contributed by atoms with Crippen LogP contribution in [0.5, 0.6) is 0 Å². The molecule has 2 rings (SSSR count). The van der Waals surface area contributed by atoms with Gasteiger partial charge in [-0.25, -0.2) is 0 Å². The Balaban J connectivity index is 2.19. The average Bonchev–Trinajstić information content (AvgIpc) is 2.85. The molecule has 86 valence electrons. The minimum absolute atomic E-state index is 0.685. The summed E-state index contributed by atoms with van der Waals surface area (Å²) in [6.45, 7) is 3.59. The molecule has 0 amide bonds. The Hall–Kier alpha value is -1.91. The van der Waals surface area contributed by atoms with Crippen molar-refractivity contribution < 1.29 is 4.42 Å². The van der Waals surface area contributed by atoms with Crippen molar-refractivity contribution in [1.82, 2.24) is 9.78 Å². The van der Waals surface area contributed by atoms with Crippen molar-refractivity contribution in [3.8, 4) is 0 Å². The maximum atomic E-state index is 5.89. The smallest absolute Gasteiger partial charge is 0.174 e. The summed E-state index contributed by atoms with van der Waals surface area (Å²) in [7, 11) is 1.86. The van der Waals surface area contributed by atoms with Crippen LogP contribution in [-0.4, -0.2) is 16.3 Å². The topological polar surface area (TPSA) is 60.2 Å². The monoisotopic (exact) mass is 220 g/mol. The molecule has 0 spiro atoms. The van der Waals surface area contributed by atoms with E-state index in [1.54, 1.807) is 17.1 Å². The summed E-state index contributed by atoms with van der Waals surface area (Å²) in [6.07, 6.45) is 3.48. The zero-order valence-electron chi connectivity index (χ0n) is 9.55. The zero-order chi connectivity index (χ0) is 11.5. The van der Waals surface area contributed by atoms with Crippen molar-refractivity contribution in [2.45, 2.75) is 13.5 Å². The van der Waals surface area contributed by atoms with Crippen LogP contribution in [-0.2, 0) is 13.6 Å². The van der Waals surface area contributed by atoms with Crippen molar-refractivity contribution in [1.29, 1.82) is 0 Å². The largest absolute Gasteiger partial charge is 0.467 e. The SMILES string of the molecule is CCN(Cc1ccco1)c1nn(C)cc1N. The van der Waals surface area contributed by atoms with Gasteiger partial charge < -0.3 is 15.1 Å². The zero-order valence-corrected chi connectivity index (χ0v) is 9.55. The summed E-state index contributed by atoms with van der Waals surface area (Å²) in [6, 6.07) is 3.83. The Morgan fingerprint density at radius 2 is 2.38 bits per heavy atom. The van der Waals surface area contributed by atoms with Gasteiger partial charge in [-0.15, -0.1) is 0 Å². The Morgan fingerprint density at radius 1 is 1.56 bits per heavy atom. The number of hydrogen-bond acceptors (Lipinski definition) is 4. The lowest BCUT2D eigenvalue weighted by Gasteiger charge is -2.19. The van der Waals surface area contributed by atoms with E-state index in [-0.39, 0.29) is 0 Å². The number of nitrogens with zero attached hydrogens (tertiary/aromatic N) is 3. The summed E-state index contributed by atoms with van der Waals surface area (Å²) < 4.78 is 7.03. The fourth-order valence-corrected chi connectivity index (χ4v) is 1.67. The third-order valence-corrected chi connectivity index (χ3v) is 2.44. The molecule has 0 atom stereocenters. The Kier molecular flexibility index (Phi) is 2.85. The third kappa shape index (κ3) is 2.03. The van der Waals surface area contributed by atoms with E-state index < -0.39 is 0 Å². The number of anilines is 2. The second kappa shape index (κ2) is 4.30. The van der Waals surface area contributed by atoms with Crippen LogP contribution in [0.1, 0.15) is 12.7 Å². The summed E-state index contributed by atoms with van der Waals surface area (Å²) in [5, 5.41) is 4.34. The molecule has 0 aliphatic rings. The number of aromatic nitrogens is 2. The molecule has 16 heavy (non-hydrogen) atoms. The molecule has 0 aromatic carbocycles. The van der Waals surface area contributed by atoms with E-state index in [0.29, 0.717) is 12.2 Å². The molecule has 2 aromatic heterocycles. The van der Waals surface area contributed by atoms with Crippen LogP contribution in [0.25, 0.3) is 0 Å². The number of rotatable bonds is 4. The number of nitrogen functional groups attached to an aromatic ring is 1. The van der Waals surface area contributed by atoms with Crippen LogP contribution in [0.2, 0.25) is 0 Å². The van der Waals surface area contributed by atoms with Crippen molar-refractivity contribution in [3.05, 3.63) is 30.4 Å². The van der Waals surface area contributed by atoms with Gasteiger partial charge in [0.15, 0.2) is 5.82 Å². The van der Waals surface area contributed by atoms with Crippen LogP contribution in [0.3, 0.4) is 0 Å². The van der Waals surface area contributed by atoms with E-state index in [0.717, 1.165) is 18.1 Å². The van der Waals surface area contributed by atoms with Gasteiger partial charge in [-0.05, 0) is 19.1 Å². The number of furan rings is 1. The van der Waals surface area contributed by atoms with Crippen molar-refractivity contribution in [2.24, 2.45) is 7.05 Å². The molecule has 2 heterocycles. The quantitative estimate of drug-likeness (QED) is 0.850. The predicted molar refractivity (Wildman–Crippen MR) is 63.1 cm³/mol. The van der Waals surface area contributed by atoms with Crippen molar-refractivity contribution in [3.63, 3.8) is 0 Å². The molecule has 0 saturated carbocycles. The van der Waals surface area contributed by atoms with Crippen LogP contribution in [0, 0.1) is 0 Å². The van der Waals surface area contributed by atoms with E-state index in [1.165, 1.54) is 0 Å². The molecule has 5 heteroatoms. The summed E-state index contributed by atoms with van der Waals surface area (Å²) in [5.74, 6) is 1.72. The summed E-state index contributed by atoms with van der Waals surface area (Å²) in [4.78, 5) is 2.08. The van der Waals surface area contributed by atoms with Gasteiger partial charge in [-0.3, -0.25) is 4.68 Å². The molecule has 0 saturated heterocycles. The number of hydrogen-bond donors (Lipinski definition) is 1. The average molecular weight is 220 g/mol. The molecule has 0 fully saturated rings. The molecule has 0 bridgehead atoms. The number of aryl methyl sites for hydroxylation is 1. The predicted octanol–water partition coefficient (Wildman–Crippen LogP) is 1.62. The third-order valence-electron chi connectivity index (χ3n) is 2.44. The normalized spacial score (nSPS) is 10.6. The van der Waals surface area contributed by atoms with Gasteiger partial charge in [0.05, 0.1) is 18.5 Å². The molecule has 0 aliphatic carbocycles. The van der Waals surface area contributed by atoms with E-state index in [1.807, 2.05) is 19.2 Å². The minimum Gasteiger partial charge on any atom is -0.467 e. The Morgan fingerprint density at radius 3 is 2.88 bits per heavy atom. The Labute approximate surface area is 94.4 Å². The molecular weight excluding hydrogens is 204 g/mol. The molecule has 0 unspecified atom stereocenters. The first-order chi connectivity index (χ1) is 7.70. The first-order valence-electron chi connectivity index (χ1n) is 5.27. The van der Waals surface area contributed by atoms with Crippen LogP contribution in [0.15, 0.2) is 29.0 Å². The summed E-state index contributed by atoms with van der Waals surface area (Å²) >= 11 is 0. The van der Waals surface area contributed by atoms with Crippen molar-refractivity contribution in [2.75, 3.05) is 17.2 Å². The standard InChI is InChI=1S/C11H16N4O/c1-3-15(7-9-5-4-6-16-9)11-10(12)8-14(2)13-11/h4-6,8H,3,7,12H2,1-2H3. The van der Waals surface area contributed by atoms with Gasteiger partial charge in [0.25, 0.3) is 0 Å². The Bertz CT molecular complexity index is 447. The van der Waals surface area contributed by atoms with Gasteiger partial charge >= 0.3 is 0 Å². The van der Waals surface area contributed by atoms with E-state index in [2.05, 4.69) is 16.9 Å². The molecule has 0 radical (unpaired) electrons. The van der Waals surface area contributed by atoms with Gasteiger partial charge in [0.2, 0.25) is 0 Å². The highest BCUT2D eigenvalue weighted by Gasteiger charge is 2.13. The lowest BCUT2D eigenvalue weighted by atomic mass is 10.3. The molecular formula is C11H16N4O. The van der Waals surface area contributed by atoms with Crippen LogP contribution in [0.4, 0.5) is 11.5 Å². The second-order valence-corrected chi connectivity index (χ2v) is 3.68. The van der Waals surface area contributed by atoms with Crippen LogP contribution < -0.4 is 10.6 Å². The molecule has 0 aliphatic heterocycles. The fraction of sp³-hybridized carbons (Fsp3) is 0.364. The summed E-state index contributed by atoms with van der Waals surface area (Å²) in [5.41, 5.74) is 6.58. The first kappa shape index (κ1) is 10.6. The lowest BCUT2D eigenvalue weighted by molar-refractivity contribution is 0.502. The molecule has 2 aromatic rings. The van der Waals surface area contributed by atoms with Gasteiger partial charge in [-0.1, -0.05) is 0 Å².